The van der Waals surface area contributed by atoms with E-state index in [2.05, 4.69) is 58.3 Å². The maximum absolute atomic E-state index is 14.6. The topological polar surface area (TPSA) is 13.0 Å². The molecule has 0 saturated carbocycles. The average molecular weight is 649 g/mol. The molecular formula is C40H36F4N4. The van der Waals surface area contributed by atoms with Gasteiger partial charge in [-0.15, -0.1) is 0 Å². The third kappa shape index (κ3) is 6.88. The van der Waals surface area contributed by atoms with Gasteiger partial charge in [0.1, 0.15) is 23.3 Å². The molecule has 0 bridgehead atoms. The molecule has 0 N–H and O–H groups in total. The maximum atomic E-state index is 14.6. The summed E-state index contributed by atoms with van der Waals surface area (Å²) in [6.07, 6.45) is 0. The fourth-order valence-corrected chi connectivity index (χ4v) is 6.82. The van der Waals surface area contributed by atoms with Crippen molar-refractivity contribution in [1.82, 2.24) is 0 Å². The van der Waals surface area contributed by atoms with Crippen molar-refractivity contribution in [2.75, 3.05) is 72.0 Å². The highest BCUT2D eigenvalue weighted by molar-refractivity contribution is 5.95. The van der Waals surface area contributed by atoms with Gasteiger partial charge in [-0.2, -0.15) is 0 Å². The lowest BCUT2D eigenvalue weighted by molar-refractivity contribution is 0.579. The van der Waals surface area contributed by atoms with E-state index in [4.69, 9.17) is 0 Å². The van der Waals surface area contributed by atoms with Gasteiger partial charge in [0.2, 0.25) is 0 Å². The average Bonchev–Trinajstić information content (AvgIpc) is 3.07. The summed E-state index contributed by atoms with van der Waals surface area (Å²) in [4.78, 5) is 8.61. The van der Waals surface area contributed by atoms with Gasteiger partial charge in [-0.05, 0) is 47.2 Å². The van der Waals surface area contributed by atoms with Gasteiger partial charge in [-0.3, -0.25) is 0 Å². The third-order valence-corrected chi connectivity index (χ3v) is 9.20. The Hall–Kier alpha value is -5.24. The quantitative estimate of drug-likeness (QED) is 0.177. The fourth-order valence-electron chi connectivity index (χ4n) is 6.82. The Balaban J connectivity index is 1.30. The summed E-state index contributed by atoms with van der Waals surface area (Å²) < 4.78 is 58.3. The van der Waals surface area contributed by atoms with Crippen LogP contribution < -0.4 is 19.6 Å². The summed E-state index contributed by atoms with van der Waals surface area (Å²) in [6.45, 7) is 4.15. The smallest absolute Gasteiger partial charge is 0.128 e. The van der Waals surface area contributed by atoms with E-state index in [9.17, 15) is 17.6 Å². The highest BCUT2D eigenvalue weighted by Gasteiger charge is 2.21. The van der Waals surface area contributed by atoms with Crippen molar-refractivity contribution >= 4 is 44.3 Å². The molecule has 0 atom stereocenters. The minimum absolute atomic E-state index is 0.483. The Morgan fingerprint density at radius 3 is 1.02 bits per heavy atom. The Morgan fingerprint density at radius 2 is 0.646 bits per heavy atom. The lowest BCUT2D eigenvalue weighted by atomic mass is 10.1. The van der Waals surface area contributed by atoms with Gasteiger partial charge in [0.15, 0.2) is 0 Å². The van der Waals surface area contributed by atoms with Crippen LogP contribution in [0.4, 0.5) is 40.3 Å². The van der Waals surface area contributed by atoms with Gasteiger partial charge in [-0.1, -0.05) is 72.8 Å². The lowest BCUT2D eigenvalue weighted by Crippen LogP contribution is -2.46. The van der Waals surface area contributed by atoms with Crippen molar-refractivity contribution in [2.45, 2.75) is 0 Å². The summed E-state index contributed by atoms with van der Waals surface area (Å²) in [5, 5.41) is 4.36. The van der Waals surface area contributed by atoms with E-state index in [0.717, 1.165) is 45.1 Å². The molecule has 244 valence electrons. The highest BCUT2D eigenvalue weighted by Crippen LogP contribution is 2.30. The first-order valence-corrected chi connectivity index (χ1v) is 16.3. The van der Waals surface area contributed by atoms with Crippen molar-refractivity contribution in [3.63, 3.8) is 0 Å². The molecule has 0 radical (unpaired) electrons. The number of nitrogens with zero attached hydrogens (tertiary/aromatic N) is 4. The molecule has 1 saturated heterocycles. The lowest BCUT2D eigenvalue weighted by Gasteiger charge is -2.37. The number of fused-ring (bicyclic) bond motifs is 2. The summed E-state index contributed by atoms with van der Waals surface area (Å²) in [7, 11) is 0. The monoisotopic (exact) mass is 648 g/mol. The number of rotatable bonds is 4. The van der Waals surface area contributed by atoms with E-state index in [1.807, 2.05) is 46.2 Å². The van der Waals surface area contributed by atoms with Gasteiger partial charge >= 0.3 is 0 Å². The standard InChI is InChI=1S/C40H36F4N4/c41-31-23-32(42)26-35(25-31)45-15-19-47(39-13-5-9-29-7-1-3-11-37(29)39)20-16-46(36-27-33(43)24-34(44)28-36)18-22-48(21-17-45)40-14-6-10-30-8-2-4-12-38(30)40/h1-14,23-28H,15-22H2. The molecule has 0 spiro atoms. The third-order valence-electron chi connectivity index (χ3n) is 9.20. The number of hydrogen-bond donors (Lipinski definition) is 0. The number of benzene rings is 6. The van der Waals surface area contributed by atoms with E-state index in [1.54, 1.807) is 0 Å². The van der Waals surface area contributed by atoms with Crippen LogP contribution in [0.25, 0.3) is 21.5 Å². The minimum atomic E-state index is -0.620. The molecule has 7 rings (SSSR count). The van der Waals surface area contributed by atoms with Crippen molar-refractivity contribution in [1.29, 1.82) is 0 Å². The van der Waals surface area contributed by atoms with Crippen LogP contribution >= 0.6 is 0 Å². The molecule has 8 heteroatoms. The molecule has 1 heterocycles. The van der Waals surface area contributed by atoms with Gasteiger partial charge in [0.05, 0.1) is 0 Å². The van der Waals surface area contributed by atoms with Crippen LogP contribution in [0.1, 0.15) is 0 Å². The molecule has 6 aromatic rings. The molecule has 0 unspecified atom stereocenters. The first kappa shape index (κ1) is 31.4. The summed E-state index contributed by atoms with van der Waals surface area (Å²) in [5.74, 6) is -2.48. The number of hydrogen-bond acceptors (Lipinski definition) is 4. The minimum Gasteiger partial charge on any atom is -0.368 e. The second-order valence-corrected chi connectivity index (χ2v) is 12.2. The first-order valence-electron chi connectivity index (χ1n) is 16.3. The van der Waals surface area contributed by atoms with E-state index >= 15 is 0 Å². The predicted octanol–water partition coefficient (Wildman–Crippen LogP) is 8.89. The van der Waals surface area contributed by atoms with Crippen LogP contribution in [0.3, 0.4) is 0 Å². The Bertz CT molecular complexity index is 1840. The van der Waals surface area contributed by atoms with E-state index in [-0.39, 0.29) is 0 Å². The predicted molar refractivity (Wildman–Crippen MR) is 189 cm³/mol. The first-order chi connectivity index (χ1) is 23.4. The SMILES string of the molecule is Fc1cc(F)cc(N2CCN(c3cccc4ccccc34)CCN(c3cc(F)cc(F)c3)CCN(c3cccc4ccccc34)CC2)c1. The normalized spacial score (nSPS) is 15.1. The van der Waals surface area contributed by atoms with Crippen molar-refractivity contribution in [3.8, 4) is 0 Å². The largest absolute Gasteiger partial charge is 0.368 e. The van der Waals surface area contributed by atoms with Crippen LogP contribution in [-0.4, -0.2) is 52.4 Å². The van der Waals surface area contributed by atoms with Crippen LogP contribution in [0.15, 0.2) is 121 Å². The second kappa shape index (κ2) is 13.9. The molecule has 4 nitrogen and oxygen atoms in total. The summed E-state index contributed by atoms with van der Waals surface area (Å²) in [5.41, 5.74) is 3.02. The molecular weight excluding hydrogens is 612 g/mol. The molecule has 1 fully saturated rings. The summed E-state index contributed by atoms with van der Waals surface area (Å²) >= 11 is 0. The molecule has 1 aliphatic heterocycles. The second-order valence-electron chi connectivity index (χ2n) is 12.2. The Morgan fingerprint density at radius 1 is 0.333 bits per heavy atom. The highest BCUT2D eigenvalue weighted by atomic mass is 19.1. The van der Waals surface area contributed by atoms with E-state index in [0.29, 0.717) is 63.7 Å². The molecule has 6 aromatic carbocycles. The van der Waals surface area contributed by atoms with Gasteiger partial charge in [0.25, 0.3) is 0 Å². The van der Waals surface area contributed by atoms with E-state index < -0.39 is 23.3 Å². The van der Waals surface area contributed by atoms with Crippen LogP contribution in [0, 0.1) is 23.3 Å². The summed E-state index contributed by atoms with van der Waals surface area (Å²) in [6, 6.07) is 36.0. The van der Waals surface area contributed by atoms with Crippen molar-refractivity contribution in [2.24, 2.45) is 0 Å². The zero-order valence-corrected chi connectivity index (χ0v) is 26.5. The Kier molecular flexibility index (Phi) is 9.05. The molecule has 0 aromatic heterocycles. The zero-order chi connectivity index (χ0) is 33.0. The fraction of sp³-hybridized carbons (Fsp3) is 0.200. The van der Waals surface area contributed by atoms with Crippen LogP contribution in [0.2, 0.25) is 0 Å². The Labute approximate surface area is 278 Å². The number of halogens is 4. The van der Waals surface area contributed by atoms with Crippen LogP contribution in [-0.2, 0) is 0 Å². The molecule has 0 amide bonds. The maximum Gasteiger partial charge on any atom is 0.128 e. The van der Waals surface area contributed by atoms with Crippen molar-refractivity contribution in [3.05, 3.63) is 145 Å². The number of anilines is 4. The van der Waals surface area contributed by atoms with Gasteiger partial charge < -0.3 is 19.6 Å². The zero-order valence-electron chi connectivity index (χ0n) is 26.5. The molecule has 48 heavy (non-hydrogen) atoms. The van der Waals surface area contributed by atoms with Crippen molar-refractivity contribution < 1.29 is 17.6 Å². The molecule has 1 aliphatic rings. The molecule has 0 aliphatic carbocycles. The van der Waals surface area contributed by atoms with Gasteiger partial charge in [0, 0.05) is 98.0 Å². The van der Waals surface area contributed by atoms with E-state index in [1.165, 1.54) is 24.3 Å². The van der Waals surface area contributed by atoms with Crippen LogP contribution in [0.5, 0.6) is 0 Å². The van der Waals surface area contributed by atoms with Gasteiger partial charge in [-0.25, -0.2) is 17.6 Å².